The number of thioether (sulfide) groups is 1. The topological polar surface area (TPSA) is 20.2 Å². The average molecular weight is 247 g/mol. The molecule has 1 heterocycles. The van der Waals surface area contributed by atoms with Gasteiger partial charge in [0.1, 0.15) is 0 Å². The Bertz CT molecular complexity index is 161. The quantitative estimate of drug-likeness (QED) is 0.716. The predicted molar refractivity (Wildman–Crippen MR) is 45.3 cm³/mol. The highest BCUT2D eigenvalue weighted by atomic mass is 79.9. The second-order valence-corrected chi connectivity index (χ2v) is 4.86. The normalized spacial score (nSPS) is 39.5. The van der Waals surface area contributed by atoms with Crippen molar-refractivity contribution in [2.75, 3.05) is 11.5 Å². The van der Waals surface area contributed by atoms with E-state index in [0.29, 0.717) is 5.75 Å². The molecule has 0 bridgehead atoms. The van der Waals surface area contributed by atoms with E-state index in [0.717, 1.165) is 0 Å². The van der Waals surface area contributed by atoms with Crippen molar-refractivity contribution in [3.63, 3.8) is 0 Å². The lowest BCUT2D eigenvalue weighted by Crippen LogP contribution is -2.48. The second kappa shape index (κ2) is 2.85. The molecule has 1 aliphatic heterocycles. The highest BCUT2D eigenvalue weighted by Gasteiger charge is 2.56. The first kappa shape index (κ1) is 9.74. The molecule has 1 aliphatic rings. The first-order valence-electron chi connectivity index (χ1n) is 3.25. The largest absolute Gasteiger partial charge is 0.381 e. The molecule has 0 aliphatic carbocycles. The van der Waals surface area contributed by atoms with Crippen LogP contribution in [0.15, 0.2) is 0 Å². The minimum absolute atomic E-state index is 0.104. The maximum Gasteiger partial charge on any atom is 0.330 e. The van der Waals surface area contributed by atoms with E-state index in [4.69, 9.17) is 0 Å². The zero-order chi connectivity index (χ0) is 8.70. The molecule has 0 amide bonds. The summed E-state index contributed by atoms with van der Waals surface area (Å²) in [7, 11) is 0. The summed E-state index contributed by atoms with van der Waals surface area (Å²) in [6.45, 7) is 1.63. The summed E-state index contributed by atoms with van der Waals surface area (Å²) in [4.78, 5) is -3.16. The number of hydrogen-bond donors (Lipinski definition) is 1. The molecule has 1 saturated heterocycles. The lowest BCUT2D eigenvalue weighted by molar-refractivity contribution is -0.121. The van der Waals surface area contributed by atoms with Gasteiger partial charge in [0.05, 0.1) is 0 Å². The second-order valence-electron chi connectivity index (χ2n) is 2.84. The van der Waals surface area contributed by atoms with Crippen LogP contribution in [0, 0.1) is 5.92 Å². The molecule has 1 rings (SSSR count). The summed E-state index contributed by atoms with van der Waals surface area (Å²) in [5.41, 5.74) is -1.86. The van der Waals surface area contributed by atoms with Gasteiger partial charge in [0.25, 0.3) is 0 Å². The van der Waals surface area contributed by atoms with Gasteiger partial charge in [-0.3, -0.25) is 0 Å². The van der Waals surface area contributed by atoms with E-state index in [1.807, 2.05) is 0 Å². The standard InChI is InChI=1S/C6H9BrF2OS/c1-4-2-11-3-5(4,10)6(7,8)9/h4,10H,2-3H2,1H3. The van der Waals surface area contributed by atoms with Gasteiger partial charge in [-0.1, -0.05) is 6.92 Å². The van der Waals surface area contributed by atoms with Gasteiger partial charge in [0.2, 0.25) is 0 Å². The van der Waals surface area contributed by atoms with Crippen LogP contribution in [-0.4, -0.2) is 27.0 Å². The van der Waals surface area contributed by atoms with Crippen LogP contribution in [0.3, 0.4) is 0 Å². The minimum Gasteiger partial charge on any atom is -0.381 e. The molecule has 66 valence electrons. The van der Waals surface area contributed by atoms with Gasteiger partial charge >= 0.3 is 4.83 Å². The van der Waals surface area contributed by atoms with Crippen LogP contribution < -0.4 is 0 Å². The van der Waals surface area contributed by atoms with Crippen molar-refractivity contribution in [1.29, 1.82) is 0 Å². The van der Waals surface area contributed by atoms with E-state index in [1.165, 1.54) is 11.8 Å². The van der Waals surface area contributed by atoms with E-state index in [2.05, 4.69) is 15.9 Å². The lowest BCUT2D eigenvalue weighted by atomic mass is 9.93. The van der Waals surface area contributed by atoms with Gasteiger partial charge in [-0.05, 0) is 21.7 Å². The zero-order valence-electron chi connectivity index (χ0n) is 5.98. The van der Waals surface area contributed by atoms with Crippen molar-refractivity contribution < 1.29 is 13.9 Å². The number of halogens is 3. The fourth-order valence-electron chi connectivity index (χ4n) is 1.03. The molecule has 0 aromatic rings. The third-order valence-electron chi connectivity index (χ3n) is 2.00. The van der Waals surface area contributed by atoms with Gasteiger partial charge < -0.3 is 5.11 Å². The molecule has 5 heteroatoms. The van der Waals surface area contributed by atoms with Crippen molar-refractivity contribution in [3.8, 4) is 0 Å². The number of rotatable bonds is 1. The van der Waals surface area contributed by atoms with Crippen molar-refractivity contribution in [3.05, 3.63) is 0 Å². The Hall–Kier alpha value is 0.650. The summed E-state index contributed by atoms with van der Waals surface area (Å²) >= 11 is 3.56. The Kier molecular flexibility index (Phi) is 2.52. The molecule has 1 N–H and O–H groups in total. The molecule has 0 radical (unpaired) electrons. The summed E-state index contributed by atoms with van der Waals surface area (Å²) in [6.07, 6.45) is 0. The number of hydrogen-bond acceptors (Lipinski definition) is 2. The van der Waals surface area contributed by atoms with E-state index < -0.39 is 10.4 Å². The Morgan fingerprint density at radius 3 is 2.45 bits per heavy atom. The van der Waals surface area contributed by atoms with E-state index >= 15 is 0 Å². The summed E-state index contributed by atoms with van der Waals surface area (Å²) in [5, 5.41) is 9.48. The van der Waals surface area contributed by atoms with E-state index in [1.54, 1.807) is 6.92 Å². The van der Waals surface area contributed by atoms with Crippen molar-refractivity contribution in [2.24, 2.45) is 5.92 Å². The maximum atomic E-state index is 12.7. The molecular weight excluding hydrogens is 238 g/mol. The van der Waals surface area contributed by atoms with Crippen LogP contribution in [0.1, 0.15) is 6.92 Å². The average Bonchev–Trinajstić information content (AvgIpc) is 2.12. The van der Waals surface area contributed by atoms with Gasteiger partial charge in [0, 0.05) is 11.7 Å². The molecule has 0 spiro atoms. The lowest BCUT2D eigenvalue weighted by Gasteiger charge is -2.30. The molecule has 0 saturated carbocycles. The molecule has 2 atom stereocenters. The first-order chi connectivity index (χ1) is 4.88. The van der Waals surface area contributed by atoms with Crippen molar-refractivity contribution in [2.45, 2.75) is 17.4 Å². The zero-order valence-corrected chi connectivity index (χ0v) is 8.38. The Morgan fingerprint density at radius 2 is 2.27 bits per heavy atom. The predicted octanol–water partition coefficient (Wildman–Crippen LogP) is 2.09. The van der Waals surface area contributed by atoms with Crippen LogP contribution in [0.25, 0.3) is 0 Å². The highest BCUT2D eigenvalue weighted by molar-refractivity contribution is 9.10. The molecular formula is C6H9BrF2OS. The van der Waals surface area contributed by atoms with Gasteiger partial charge in [0.15, 0.2) is 5.60 Å². The molecule has 1 fully saturated rings. The van der Waals surface area contributed by atoms with Gasteiger partial charge in [-0.25, -0.2) is 0 Å². The minimum atomic E-state index is -3.16. The SMILES string of the molecule is CC1CSCC1(O)C(F)(F)Br. The summed E-state index contributed by atoms with van der Waals surface area (Å²) < 4.78 is 25.4. The number of alkyl halides is 3. The fourth-order valence-corrected chi connectivity index (χ4v) is 3.27. The number of aliphatic hydroxyl groups is 1. The van der Waals surface area contributed by atoms with E-state index in [9.17, 15) is 13.9 Å². The van der Waals surface area contributed by atoms with Crippen LogP contribution in [0.4, 0.5) is 8.78 Å². The Labute approximate surface area is 76.7 Å². The smallest absolute Gasteiger partial charge is 0.330 e. The van der Waals surface area contributed by atoms with Crippen molar-refractivity contribution >= 4 is 27.7 Å². The van der Waals surface area contributed by atoms with Gasteiger partial charge in [-0.2, -0.15) is 20.5 Å². The van der Waals surface area contributed by atoms with Crippen molar-refractivity contribution in [1.82, 2.24) is 0 Å². The Balaban J connectivity index is 2.81. The molecule has 0 aromatic heterocycles. The van der Waals surface area contributed by atoms with Crippen LogP contribution in [0.2, 0.25) is 0 Å². The van der Waals surface area contributed by atoms with Crippen LogP contribution in [-0.2, 0) is 0 Å². The highest BCUT2D eigenvalue weighted by Crippen LogP contribution is 2.46. The van der Waals surface area contributed by atoms with Crippen LogP contribution >= 0.6 is 27.7 Å². The third-order valence-corrected chi connectivity index (χ3v) is 4.06. The van der Waals surface area contributed by atoms with E-state index in [-0.39, 0.29) is 11.7 Å². The van der Waals surface area contributed by atoms with Gasteiger partial charge in [-0.15, -0.1) is 0 Å². The maximum absolute atomic E-state index is 12.7. The first-order valence-corrected chi connectivity index (χ1v) is 5.19. The molecule has 11 heavy (non-hydrogen) atoms. The third kappa shape index (κ3) is 1.55. The fraction of sp³-hybridized carbons (Fsp3) is 1.00. The molecule has 2 unspecified atom stereocenters. The molecule has 1 nitrogen and oxygen atoms in total. The molecule has 0 aromatic carbocycles. The van der Waals surface area contributed by atoms with Crippen LogP contribution in [0.5, 0.6) is 0 Å². The Morgan fingerprint density at radius 1 is 1.73 bits per heavy atom. The summed E-state index contributed by atoms with van der Waals surface area (Å²) in [5.74, 6) is 0.339. The monoisotopic (exact) mass is 246 g/mol. The summed E-state index contributed by atoms with van der Waals surface area (Å²) in [6, 6.07) is 0.